The molecule has 1 saturated heterocycles. The van der Waals surface area contributed by atoms with Gasteiger partial charge in [0.25, 0.3) is 0 Å². The first-order valence-electron chi connectivity index (χ1n) is 6.85. The molecule has 1 aliphatic heterocycles. The van der Waals surface area contributed by atoms with Crippen LogP contribution in [0.2, 0.25) is 0 Å². The van der Waals surface area contributed by atoms with E-state index in [9.17, 15) is 0 Å². The van der Waals surface area contributed by atoms with Crippen LogP contribution in [-0.2, 0) is 4.74 Å². The lowest BCUT2D eigenvalue weighted by molar-refractivity contribution is 0.0216. The summed E-state index contributed by atoms with van der Waals surface area (Å²) in [4.78, 5) is 2.26. The molecule has 0 spiro atoms. The maximum atomic E-state index is 5.86. The van der Waals surface area contributed by atoms with Crippen molar-refractivity contribution in [3.63, 3.8) is 0 Å². The highest BCUT2D eigenvalue weighted by Crippen LogP contribution is 2.20. The van der Waals surface area contributed by atoms with E-state index in [0.717, 1.165) is 13.2 Å². The maximum Gasteiger partial charge on any atom is 0.0749 e. The average Bonchev–Trinajstić information content (AvgIpc) is 2.40. The van der Waals surface area contributed by atoms with Gasteiger partial charge in [0.15, 0.2) is 0 Å². The Labute approximate surface area is 110 Å². The fourth-order valence-electron chi connectivity index (χ4n) is 2.39. The Morgan fingerprint density at radius 1 is 1.33 bits per heavy atom. The summed E-state index contributed by atoms with van der Waals surface area (Å²) >= 11 is 0. The van der Waals surface area contributed by atoms with Crippen molar-refractivity contribution in [1.29, 1.82) is 0 Å². The predicted molar refractivity (Wildman–Crippen MR) is 75.9 cm³/mol. The van der Waals surface area contributed by atoms with E-state index in [4.69, 9.17) is 10.5 Å². The highest BCUT2D eigenvalue weighted by molar-refractivity contribution is 5.47. The summed E-state index contributed by atoms with van der Waals surface area (Å²) in [6, 6.07) is 8.60. The highest BCUT2D eigenvalue weighted by atomic mass is 16.5. The third-order valence-electron chi connectivity index (χ3n) is 3.61. The molecule has 2 rings (SSSR count). The minimum atomic E-state index is 0.103. The molecule has 0 amide bonds. The Hall–Kier alpha value is -1.06. The number of likely N-dealkylation sites (N-methyl/N-ethyl adjacent to an activating group) is 1. The smallest absolute Gasteiger partial charge is 0.0749 e. The molecule has 1 aromatic rings. The lowest BCUT2D eigenvalue weighted by atomic mass is 10.1. The van der Waals surface area contributed by atoms with Crippen molar-refractivity contribution in [2.45, 2.75) is 38.3 Å². The number of hydrogen-bond acceptors (Lipinski definition) is 3. The Balaban J connectivity index is 1.93. The lowest BCUT2D eigenvalue weighted by Crippen LogP contribution is -2.33. The molecule has 1 aliphatic rings. The van der Waals surface area contributed by atoms with Crippen LogP contribution in [0.1, 0.15) is 37.8 Å². The second-order valence-corrected chi connectivity index (χ2v) is 5.25. The second kappa shape index (κ2) is 6.21. The number of nitrogens with zero attached hydrogens (tertiary/aromatic N) is 1. The number of ether oxygens (including phenoxy) is 1. The topological polar surface area (TPSA) is 38.5 Å². The van der Waals surface area contributed by atoms with Crippen molar-refractivity contribution in [3.05, 3.63) is 29.8 Å². The molecule has 1 fully saturated rings. The molecule has 3 nitrogen and oxygen atoms in total. The summed E-state index contributed by atoms with van der Waals surface area (Å²) in [6.07, 6.45) is 4.07. The van der Waals surface area contributed by atoms with Crippen LogP contribution >= 0.6 is 0 Å². The third kappa shape index (κ3) is 3.47. The van der Waals surface area contributed by atoms with Crippen LogP contribution < -0.4 is 10.6 Å². The fraction of sp³-hybridized carbons (Fsp3) is 0.600. The van der Waals surface area contributed by atoms with E-state index in [2.05, 4.69) is 36.2 Å². The van der Waals surface area contributed by atoms with E-state index in [-0.39, 0.29) is 6.04 Å². The van der Waals surface area contributed by atoms with Gasteiger partial charge in [-0.15, -0.1) is 0 Å². The van der Waals surface area contributed by atoms with Crippen LogP contribution in [0.5, 0.6) is 0 Å². The van der Waals surface area contributed by atoms with Crippen LogP contribution in [0.15, 0.2) is 24.3 Å². The van der Waals surface area contributed by atoms with E-state index >= 15 is 0 Å². The predicted octanol–water partition coefficient (Wildman–Crippen LogP) is 2.71. The van der Waals surface area contributed by atoms with Gasteiger partial charge in [-0.1, -0.05) is 12.1 Å². The largest absolute Gasteiger partial charge is 0.376 e. The van der Waals surface area contributed by atoms with Gasteiger partial charge in [-0.25, -0.2) is 0 Å². The minimum absolute atomic E-state index is 0.103. The Kier molecular flexibility index (Phi) is 4.61. The Bertz CT molecular complexity index is 355. The van der Waals surface area contributed by atoms with Crippen molar-refractivity contribution in [3.8, 4) is 0 Å². The van der Waals surface area contributed by atoms with Gasteiger partial charge in [0, 0.05) is 31.9 Å². The molecular formula is C15H24N2O. The maximum absolute atomic E-state index is 5.86. The molecule has 100 valence electrons. The molecule has 0 bridgehead atoms. The normalized spacial score (nSPS) is 21.6. The van der Waals surface area contributed by atoms with Gasteiger partial charge in [0.2, 0.25) is 0 Å². The average molecular weight is 248 g/mol. The number of rotatable bonds is 4. The summed E-state index contributed by atoms with van der Waals surface area (Å²) in [6.45, 7) is 3.90. The molecule has 0 aliphatic carbocycles. The first-order valence-corrected chi connectivity index (χ1v) is 6.85. The number of anilines is 1. The van der Waals surface area contributed by atoms with E-state index in [1.807, 2.05) is 6.92 Å². The van der Waals surface area contributed by atoms with Crippen LogP contribution in [0, 0.1) is 0 Å². The zero-order valence-corrected chi connectivity index (χ0v) is 11.4. The molecule has 2 N–H and O–H groups in total. The van der Waals surface area contributed by atoms with E-state index in [1.54, 1.807) is 0 Å². The molecule has 0 saturated carbocycles. The van der Waals surface area contributed by atoms with Crippen molar-refractivity contribution >= 4 is 5.69 Å². The molecule has 18 heavy (non-hydrogen) atoms. The number of hydrogen-bond donors (Lipinski definition) is 1. The quantitative estimate of drug-likeness (QED) is 0.890. The Morgan fingerprint density at radius 2 is 2.06 bits per heavy atom. The standard InChI is InChI=1S/C15H24N2O/c1-12(16)13-6-8-14(9-7-13)17(2)11-15-5-3-4-10-18-15/h6-9,12,15H,3-5,10-11,16H2,1-2H3/t12-,15?/m0/s1. The van der Waals surface area contributed by atoms with E-state index < -0.39 is 0 Å². The SMILES string of the molecule is C[C@H](N)c1ccc(N(C)CC2CCCCO2)cc1. The van der Waals surface area contributed by atoms with Crippen molar-refractivity contribution in [2.75, 3.05) is 25.1 Å². The number of nitrogens with two attached hydrogens (primary N) is 1. The first kappa shape index (κ1) is 13.4. The Morgan fingerprint density at radius 3 is 2.61 bits per heavy atom. The zero-order chi connectivity index (χ0) is 13.0. The van der Waals surface area contributed by atoms with Gasteiger partial charge in [0.05, 0.1) is 6.10 Å². The molecular weight excluding hydrogens is 224 g/mol. The van der Waals surface area contributed by atoms with Crippen molar-refractivity contribution in [1.82, 2.24) is 0 Å². The molecule has 1 aromatic carbocycles. The molecule has 1 heterocycles. The molecule has 1 unspecified atom stereocenters. The van der Waals surface area contributed by atoms with Crippen LogP contribution in [0.25, 0.3) is 0 Å². The fourth-order valence-corrected chi connectivity index (χ4v) is 2.39. The van der Waals surface area contributed by atoms with Crippen LogP contribution in [-0.4, -0.2) is 26.3 Å². The summed E-state index contributed by atoms with van der Waals surface area (Å²) in [7, 11) is 2.12. The third-order valence-corrected chi connectivity index (χ3v) is 3.61. The molecule has 0 radical (unpaired) electrons. The van der Waals surface area contributed by atoms with Crippen molar-refractivity contribution in [2.24, 2.45) is 5.73 Å². The molecule has 0 aromatic heterocycles. The van der Waals surface area contributed by atoms with Gasteiger partial charge in [0.1, 0.15) is 0 Å². The van der Waals surface area contributed by atoms with E-state index in [1.165, 1.54) is 30.5 Å². The molecule has 2 atom stereocenters. The zero-order valence-electron chi connectivity index (χ0n) is 11.4. The van der Waals surface area contributed by atoms with Crippen LogP contribution in [0.3, 0.4) is 0 Å². The lowest BCUT2D eigenvalue weighted by Gasteiger charge is -2.28. The minimum Gasteiger partial charge on any atom is -0.376 e. The van der Waals surface area contributed by atoms with E-state index in [0.29, 0.717) is 6.10 Å². The monoisotopic (exact) mass is 248 g/mol. The highest BCUT2D eigenvalue weighted by Gasteiger charge is 2.16. The summed E-state index contributed by atoms with van der Waals surface area (Å²) in [5, 5.41) is 0. The van der Waals surface area contributed by atoms with Crippen molar-refractivity contribution < 1.29 is 4.74 Å². The molecule has 3 heteroatoms. The van der Waals surface area contributed by atoms with Gasteiger partial charge in [-0.05, 0) is 43.9 Å². The summed E-state index contributed by atoms with van der Waals surface area (Å²) < 4.78 is 5.77. The second-order valence-electron chi connectivity index (χ2n) is 5.25. The van der Waals surface area contributed by atoms with Gasteiger partial charge in [-0.2, -0.15) is 0 Å². The van der Waals surface area contributed by atoms with Crippen LogP contribution in [0.4, 0.5) is 5.69 Å². The summed E-state index contributed by atoms with van der Waals surface area (Å²) in [5.41, 5.74) is 8.27. The first-order chi connectivity index (χ1) is 8.66. The summed E-state index contributed by atoms with van der Waals surface area (Å²) in [5.74, 6) is 0. The van der Waals surface area contributed by atoms with Gasteiger partial charge >= 0.3 is 0 Å². The van der Waals surface area contributed by atoms with Gasteiger partial charge < -0.3 is 15.4 Å². The van der Waals surface area contributed by atoms with Gasteiger partial charge in [-0.3, -0.25) is 0 Å². The number of benzene rings is 1.